The van der Waals surface area contributed by atoms with Crippen LogP contribution in [0.5, 0.6) is 5.75 Å². The molecule has 4 heteroatoms. The van der Waals surface area contributed by atoms with E-state index >= 15 is 0 Å². The summed E-state index contributed by atoms with van der Waals surface area (Å²) < 4.78 is 6.48. The Balaban J connectivity index is 2.41. The first-order valence-electron chi connectivity index (χ1n) is 8.02. The number of benzene rings is 1. The van der Waals surface area contributed by atoms with Crippen LogP contribution in [0.15, 0.2) is 22.7 Å². The van der Waals surface area contributed by atoms with Gasteiger partial charge in [-0.1, -0.05) is 73.9 Å². The maximum Gasteiger partial charge on any atom is 0.124 e. The summed E-state index contributed by atoms with van der Waals surface area (Å²) in [6.45, 7) is 2.25. The third-order valence-corrected chi connectivity index (χ3v) is 4.36. The molecule has 0 amide bonds. The molecule has 0 radical (unpaired) electrons. The first-order chi connectivity index (χ1) is 10.2. The summed E-state index contributed by atoms with van der Waals surface area (Å²) in [5.41, 5.74) is 4.06. The number of ether oxygens (including phenoxy) is 1. The highest BCUT2D eigenvalue weighted by atomic mass is 79.9. The summed E-state index contributed by atoms with van der Waals surface area (Å²) in [4.78, 5) is 0. The number of nitrogens with one attached hydrogen (secondary N) is 1. The van der Waals surface area contributed by atoms with Gasteiger partial charge in [-0.3, -0.25) is 11.3 Å². The molecule has 1 aromatic rings. The summed E-state index contributed by atoms with van der Waals surface area (Å²) in [6, 6.07) is 6.26. The van der Waals surface area contributed by atoms with Crippen LogP contribution in [-0.2, 0) is 0 Å². The average molecular weight is 357 g/mol. The second kappa shape index (κ2) is 11.0. The maximum absolute atomic E-state index is 5.73. The number of rotatable bonds is 11. The zero-order valence-corrected chi connectivity index (χ0v) is 14.9. The SMILES string of the molecule is CCCCCCCCCC(NN)c1ccc(Br)cc1OC. The first-order valence-corrected chi connectivity index (χ1v) is 8.81. The Morgan fingerprint density at radius 1 is 1.14 bits per heavy atom. The van der Waals surface area contributed by atoms with Crippen LogP contribution < -0.4 is 16.0 Å². The number of hydrogen-bond donors (Lipinski definition) is 2. The van der Waals surface area contributed by atoms with Gasteiger partial charge in [-0.2, -0.15) is 0 Å². The van der Waals surface area contributed by atoms with E-state index in [-0.39, 0.29) is 6.04 Å². The molecule has 1 atom stereocenters. The molecule has 21 heavy (non-hydrogen) atoms. The van der Waals surface area contributed by atoms with Crippen molar-refractivity contribution in [1.82, 2.24) is 5.43 Å². The van der Waals surface area contributed by atoms with Crippen LogP contribution in [0.4, 0.5) is 0 Å². The highest BCUT2D eigenvalue weighted by Gasteiger charge is 2.14. The number of hydrogen-bond acceptors (Lipinski definition) is 3. The van der Waals surface area contributed by atoms with E-state index in [1.165, 1.54) is 44.9 Å². The van der Waals surface area contributed by atoms with Gasteiger partial charge in [-0.15, -0.1) is 0 Å². The van der Waals surface area contributed by atoms with Crippen LogP contribution in [0.3, 0.4) is 0 Å². The second-order valence-corrected chi connectivity index (χ2v) is 6.43. The minimum atomic E-state index is 0.156. The Kier molecular flexibility index (Phi) is 9.72. The molecule has 1 rings (SSSR count). The molecule has 0 aliphatic rings. The minimum absolute atomic E-state index is 0.156. The molecule has 0 aliphatic carbocycles. The van der Waals surface area contributed by atoms with Crippen molar-refractivity contribution < 1.29 is 4.74 Å². The molecule has 0 spiro atoms. The summed E-state index contributed by atoms with van der Waals surface area (Å²) in [5, 5.41) is 0. The monoisotopic (exact) mass is 356 g/mol. The lowest BCUT2D eigenvalue weighted by Crippen LogP contribution is -2.28. The molecule has 120 valence electrons. The molecule has 0 saturated heterocycles. The largest absolute Gasteiger partial charge is 0.496 e. The van der Waals surface area contributed by atoms with Crippen LogP contribution in [0, 0.1) is 0 Å². The highest BCUT2D eigenvalue weighted by Crippen LogP contribution is 2.31. The standard InChI is InChI=1S/C17H29BrN2O/c1-3-4-5-6-7-8-9-10-16(20-19)15-12-11-14(18)13-17(15)21-2/h11-13,16,20H,3-10,19H2,1-2H3. The van der Waals surface area contributed by atoms with Crippen LogP contribution >= 0.6 is 15.9 Å². The van der Waals surface area contributed by atoms with Crippen LogP contribution in [0.2, 0.25) is 0 Å². The van der Waals surface area contributed by atoms with E-state index in [0.717, 1.165) is 22.2 Å². The Morgan fingerprint density at radius 3 is 2.43 bits per heavy atom. The lowest BCUT2D eigenvalue weighted by atomic mass is 9.99. The first kappa shape index (κ1) is 18.5. The predicted molar refractivity (Wildman–Crippen MR) is 93.4 cm³/mol. The molecule has 0 saturated carbocycles. The smallest absolute Gasteiger partial charge is 0.124 e. The fourth-order valence-corrected chi connectivity index (χ4v) is 2.95. The van der Waals surface area contributed by atoms with Gasteiger partial charge >= 0.3 is 0 Å². The predicted octanol–water partition coefficient (Wildman–Crippen LogP) is 5.10. The van der Waals surface area contributed by atoms with Gasteiger partial charge in [0.05, 0.1) is 7.11 Å². The molecule has 3 nitrogen and oxygen atoms in total. The van der Waals surface area contributed by atoms with Gasteiger partial charge in [0.1, 0.15) is 5.75 Å². The molecule has 3 N–H and O–H groups in total. The van der Waals surface area contributed by atoms with E-state index in [2.05, 4.69) is 34.3 Å². The third-order valence-electron chi connectivity index (χ3n) is 3.87. The molecule has 0 aromatic heterocycles. The van der Waals surface area contributed by atoms with E-state index < -0.39 is 0 Å². The normalized spacial score (nSPS) is 12.4. The Labute approximate surface area is 137 Å². The van der Waals surface area contributed by atoms with Crippen molar-refractivity contribution in [1.29, 1.82) is 0 Å². The number of nitrogens with two attached hydrogens (primary N) is 1. The summed E-state index contributed by atoms with van der Waals surface area (Å²) in [7, 11) is 1.70. The van der Waals surface area contributed by atoms with Gasteiger partial charge in [0.2, 0.25) is 0 Å². The van der Waals surface area contributed by atoms with E-state index in [4.69, 9.17) is 10.6 Å². The molecular formula is C17H29BrN2O. The topological polar surface area (TPSA) is 47.3 Å². The van der Waals surface area contributed by atoms with E-state index in [9.17, 15) is 0 Å². The van der Waals surface area contributed by atoms with Crippen molar-refractivity contribution in [2.45, 2.75) is 64.3 Å². The zero-order chi connectivity index (χ0) is 15.5. The molecule has 0 fully saturated rings. The maximum atomic E-state index is 5.73. The number of methoxy groups -OCH3 is 1. The highest BCUT2D eigenvalue weighted by molar-refractivity contribution is 9.10. The second-order valence-electron chi connectivity index (χ2n) is 5.52. The number of halogens is 1. The van der Waals surface area contributed by atoms with Crippen molar-refractivity contribution in [3.05, 3.63) is 28.2 Å². The molecule has 1 aromatic carbocycles. The Hall–Kier alpha value is -0.580. The van der Waals surface area contributed by atoms with Crippen LogP contribution in [0.1, 0.15) is 69.9 Å². The fourth-order valence-electron chi connectivity index (χ4n) is 2.61. The quantitative estimate of drug-likeness (QED) is 0.329. The lowest BCUT2D eigenvalue weighted by Gasteiger charge is -2.19. The van der Waals surface area contributed by atoms with Gasteiger partial charge in [0.25, 0.3) is 0 Å². The summed E-state index contributed by atoms with van der Waals surface area (Å²) in [6.07, 6.45) is 10.2. The van der Waals surface area contributed by atoms with Gasteiger partial charge in [-0.05, 0) is 18.6 Å². The third kappa shape index (κ3) is 6.81. The molecule has 0 aliphatic heterocycles. The van der Waals surface area contributed by atoms with Crippen molar-refractivity contribution in [3.8, 4) is 5.75 Å². The fraction of sp³-hybridized carbons (Fsp3) is 0.647. The summed E-state index contributed by atoms with van der Waals surface area (Å²) >= 11 is 3.47. The zero-order valence-electron chi connectivity index (χ0n) is 13.3. The van der Waals surface area contributed by atoms with E-state index in [1.807, 2.05) is 12.1 Å². The van der Waals surface area contributed by atoms with Crippen LogP contribution in [0.25, 0.3) is 0 Å². The number of unbranched alkanes of at least 4 members (excludes halogenated alkanes) is 6. The van der Waals surface area contributed by atoms with Crippen molar-refractivity contribution in [2.75, 3.05) is 7.11 Å². The Bertz CT molecular complexity index is 398. The number of hydrazine groups is 1. The minimum Gasteiger partial charge on any atom is -0.496 e. The van der Waals surface area contributed by atoms with Crippen molar-refractivity contribution >= 4 is 15.9 Å². The summed E-state index contributed by atoms with van der Waals surface area (Å²) in [5.74, 6) is 6.61. The van der Waals surface area contributed by atoms with E-state index in [0.29, 0.717) is 0 Å². The Morgan fingerprint density at radius 2 is 1.81 bits per heavy atom. The van der Waals surface area contributed by atoms with Crippen molar-refractivity contribution in [2.24, 2.45) is 5.84 Å². The van der Waals surface area contributed by atoms with Crippen molar-refractivity contribution in [3.63, 3.8) is 0 Å². The van der Waals surface area contributed by atoms with Crippen LogP contribution in [-0.4, -0.2) is 7.11 Å². The van der Waals surface area contributed by atoms with Gasteiger partial charge in [-0.25, -0.2) is 0 Å². The van der Waals surface area contributed by atoms with Gasteiger partial charge in [0.15, 0.2) is 0 Å². The van der Waals surface area contributed by atoms with Gasteiger partial charge in [0, 0.05) is 16.1 Å². The average Bonchev–Trinajstić information content (AvgIpc) is 2.50. The van der Waals surface area contributed by atoms with E-state index in [1.54, 1.807) is 7.11 Å². The molecule has 0 heterocycles. The van der Waals surface area contributed by atoms with Gasteiger partial charge < -0.3 is 4.74 Å². The molecule has 1 unspecified atom stereocenters. The molecule has 0 bridgehead atoms. The molecular weight excluding hydrogens is 328 g/mol. The lowest BCUT2D eigenvalue weighted by molar-refractivity contribution is 0.392.